The molecule has 88 valence electrons. The smallest absolute Gasteiger partial charge is 0.222 e. The van der Waals surface area contributed by atoms with Gasteiger partial charge in [-0.1, -0.05) is 27.7 Å². The van der Waals surface area contributed by atoms with Gasteiger partial charge in [0, 0.05) is 18.5 Å². The van der Waals surface area contributed by atoms with Gasteiger partial charge in [0.25, 0.3) is 0 Å². The second-order valence-corrected chi connectivity index (χ2v) is 5.26. The number of nitrogens with one attached hydrogen (secondary N) is 2. The number of piperidine rings is 1. The van der Waals surface area contributed by atoms with Gasteiger partial charge < -0.3 is 10.6 Å². The van der Waals surface area contributed by atoms with E-state index in [1.165, 1.54) is 0 Å². The molecule has 1 aliphatic heterocycles. The molecule has 0 bridgehead atoms. The monoisotopic (exact) mass is 212 g/mol. The van der Waals surface area contributed by atoms with Gasteiger partial charge in [-0.2, -0.15) is 0 Å². The van der Waals surface area contributed by atoms with E-state index in [1.54, 1.807) is 0 Å². The molecule has 2 unspecified atom stereocenters. The topological polar surface area (TPSA) is 41.1 Å². The summed E-state index contributed by atoms with van der Waals surface area (Å²) in [6, 6.07) is 0.320. The highest BCUT2D eigenvalue weighted by Crippen LogP contribution is 2.19. The van der Waals surface area contributed by atoms with Gasteiger partial charge in [0.05, 0.1) is 0 Å². The minimum absolute atomic E-state index is 0.0874. The minimum atomic E-state index is 0.0874. The Hall–Kier alpha value is -0.570. The fourth-order valence-corrected chi connectivity index (χ4v) is 1.96. The molecule has 1 rings (SSSR count). The Kier molecular flexibility index (Phi) is 4.58. The average Bonchev–Trinajstić information content (AvgIpc) is 2.18. The van der Waals surface area contributed by atoms with E-state index in [0.717, 1.165) is 19.5 Å². The molecule has 0 aromatic carbocycles. The second-order valence-electron chi connectivity index (χ2n) is 5.26. The zero-order valence-electron chi connectivity index (χ0n) is 10.3. The molecule has 0 spiro atoms. The molecule has 0 aromatic heterocycles. The van der Waals surface area contributed by atoms with Crippen molar-refractivity contribution in [3.8, 4) is 0 Å². The van der Waals surface area contributed by atoms with Crippen molar-refractivity contribution in [1.82, 2.24) is 10.6 Å². The highest BCUT2D eigenvalue weighted by Gasteiger charge is 2.25. The molecule has 3 nitrogen and oxygen atoms in total. The first-order valence-corrected chi connectivity index (χ1v) is 6.01. The molecule has 2 N–H and O–H groups in total. The summed E-state index contributed by atoms with van der Waals surface area (Å²) in [6.45, 7) is 10.4. The zero-order valence-corrected chi connectivity index (χ0v) is 10.3. The molecule has 0 aromatic rings. The molecule has 1 fully saturated rings. The molecular weight excluding hydrogens is 188 g/mol. The lowest BCUT2D eigenvalue weighted by molar-refractivity contribution is -0.124. The summed E-state index contributed by atoms with van der Waals surface area (Å²) in [6.07, 6.45) is 1.11. The molecule has 1 amide bonds. The Labute approximate surface area is 93.0 Å². The van der Waals surface area contributed by atoms with Crippen LogP contribution in [0.15, 0.2) is 0 Å². The van der Waals surface area contributed by atoms with Gasteiger partial charge in [-0.3, -0.25) is 4.79 Å². The summed E-state index contributed by atoms with van der Waals surface area (Å²) >= 11 is 0. The maximum absolute atomic E-state index is 11.5. The summed E-state index contributed by atoms with van der Waals surface area (Å²) in [4.78, 5) is 11.5. The van der Waals surface area contributed by atoms with Crippen molar-refractivity contribution in [2.24, 2.45) is 17.8 Å². The molecule has 1 aliphatic rings. The first-order valence-electron chi connectivity index (χ1n) is 6.01. The number of rotatable bonds is 3. The van der Waals surface area contributed by atoms with E-state index in [9.17, 15) is 4.79 Å². The van der Waals surface area contributed by atoms with Crippen LogP contribution in [0.2, 0.25) is 0 Å². The predicted molar refractivity (Wildman–Crippen MR) is 62.6 cm³/mol. The third-order valence-electron chi connectivity index (χ3n) is 3.20. The zero-order chi connectivity index (χ0) is 11.4. The maximum Gasteiger partial charge on any atom is 0.222 e. The van der Waals surface area contributed by atoms with Crippen molar-refractivity contribution < 1.29 is 4.79 Å². The van der Waals surface area contributed by atoms with E-state index < -0.39 is 0 Å². The average molecular weight is 212 g/mol. The van der Waals surface area contributed by atoms with Gasteiger partial charge in [0.15, 0.2) is 0 Å². The fourth-order valence-electron chi connectivity index (χ4n) is 1.96. The van der Waals surface area contributed by atoms with Crippen LogP contribution in [0.1, 0.15) is 34.1 Å². The molecule has 0 saturated carbocycles. The van der Waals surface area contributed by atoms with Gasteiger partial charge in [-0.05, 0) is 24.8 Å². The van der Waals surface area contributed by atoms with Crippen molar-refractivity contribution in [2.75, 3.05) is 13.1 Å². The second kappa shape index (κ2) is 5.50. The molecule has 15 heavy (non-hydrogen) atoms. The van der Waals surface area contributed by atoms with Crippen LogP contribution in [0.25, 0.3) is 0 Å². The van der Waals surface area contributed by atoms with E-state index in [1.807, 2.05) is 13.8 Å². The third-order valence-corrected chi connectivity index (χ3v) is 3.20. The predicted octanol–water partition coefficient (Wildman–Crippen LogP) is 1.39. The van der Waals surface area contributed by atoms with Crippen molar-refractivity contribution in [2.45, 2.75) is 40.2 Å². The first kappa shape index (κ1) is 12.5. The van der Waals surface area contributed by atoms with Crippen molar-refractivity contribution in [3.63, 3.8) is 0 Å². The van der Waals surface area contributed by atoms with Crippen LogP contribution < -0.4 is 10.6 Å². The lowest BCUT2D eigenvalue weighted by Gasteiger charge is -2.33. The van der Waals surface area contributed by atoms with E-state index in [2.05, 4.69) is 24.5 Å². The molecular formula is C12H24N2O. The van der Waals surface area contributed by atoms with E-state index >= 15 is 0 Å². The van der Waals surface area contributed by atoms with E-state index in [4.69, 9.17) is 0 Å². The molecule has 0 radical (unpaired) electrons. The van der Waals surface area contributed by atoms with Crippen molar-refractivity contribution in [1.29, 1.82) is 0 Å². The van der Waals surface area contributed by atoms with Gasteiger partial charge in [0.1, 0.15) is 0 Å². The Morgan fingerprint density at radius 1 is 1.27 bits per heavy atom. The normalized spacial score (nSPS) is 27.1. The SMILES string of the molecule is CC(C)C(=O)NC1CNCC(C(C)C)C1. The van der Waals surface area contributed by atoms with E-state index in [0.29, 0.717) is 17.9 Å². The van der Waals surface area contributed by atoms with Gasteiger partial charge >= 0.3 is 0 Å². The fraction of sp³-hybridized carbons (Fsp3) is 0.917. The van der Waals surface area contributed by atoms with Crippen LogP contribution in [0.5, 0.6) is 0 Å². The summed E-state index contributed by atoms with van der Waals surface area (Å²) in [5.74, 6) is 1.64. The Morgan fingerprint density at radius 3 is 2.47 bits per heavy atom. The number of carbonyl (C=O) groups is 1. The summed E-state index contributed by atoms with van der Waals surface area (Å²) in [5.41, 5.74) is 0. The molecule has 3 heteroatoms. The number of amides is 1. The van der Waals surface area contributed by atoms with Crippen LogP contribution in [-0.2, 0) is 4.79 Å². The standard InChI is InChI=1S/C12H24N2O/c1-8(2)10-5-11(7-13-6-10)14-12(15)9(3)4/h8-11,13H,5-7H2,1-4H3,(H,14,15). The Balaban J connectivity index is 2.39. The molecule has 1 heterocycles. The molecule has 1 saturated heterocycles. The maximum atomic E-state index is 11.5. The first-order chi connectivity index (χ1) is 7.00. The summed E-state index contributed by atoms with van der Waals surface area (Å²) in [5, 5.41) is 6.50. The molecule has 0 aliphatic carbocycles. The van der Waals surface area contributed by atoms with Crippen LogP contribution in [0.4, 0.5) is 0 Å². The van der Waals surface area contributed by atoms with E-state index in [-0.39, 0.29) is 11.8 Å². The number of hydrogen-bond acceptors (Lipinski definition) is 2. The van der Waals surface area contributed by atoms with Crippen molar-refractivity contribution in [3.05, 3.63) is 0 Å². The van der Waals surface area contributed by atoms with Gasteiger partial charge in [-0.25, -0.2) is 0 Å². The van der Waals surface area contributed by atoms with Crippen LogP contribution in [0, 0.1) is 17.8 Å². The van der Waals surface area contributed by atoms with Gasteiger partial charge in [0.2, 0.25) is 5.91 Å². The number of carbonyl (C=O) groups excluding carboxylic acids is 1. The van der Waals surface area contributed by atoms with Crippen LogP contribution in [0.3, 0.4) is 0 Å². The van der Waals surface area contributed by atoms with Crippen molar-refractivity contribution >= 4 is 5.91 Å². The Morgan fingerprint density at radius 2 is 1.93 bits per heavy atom. The Bertz CT molecular complexity index is 214. The van der Waals surface area contributed by atoms with Gasteiger partial charge in [-0.15, -0.1) is 0 Å². The third kappa shape index (κ3) is 3.82. The van der Waals surface area contributed by atoms with Crippen LogP contribution >= 0.6 is 0 Å². The quantitative estimate of drug-likeness (QED) is 0.742. The molecule has 2 atom stereocenters. The highest BCUT2D eigenvalue weighted by atomic mass is 16.1. The highest BCUT2D eigenvalue weighted by molar-refractivity contribution is 5.78. The lowest BCUT2D eigenvalue weighted by atomic mass is 9.86. The minimum Gasteiger partial charge on any atom is -0.352 e. The largest absolute Gasteiger partial charge is 0.352 e. The number of hydrogen-bond donors (Lipinski definition) is 2. The summed E-state index contributed by atoms with van der Waals surface area (Å²) in [7, 11) is 0. The summed E-state index contributed by atoms with van der Waals surface area (Å²) < 4.78 is 0. The lowest BCUT2D eigenvalue weighted by Crippen LogP contribution is -2.50. The van der Waals surface area contributed by atoms with Crippen LogP contribution in [-0.4, -0.2) is 25.0 Å².